The van der Waals surface area contributed by atoms with Crippen LogP contribution in [0.2, 0.25) is 5.02 Å². The van der Waals surface area contributed by atoms with E-state index in [-0.39, 0.29) is 0 Å². The van der Waals surface area contributed by atoms with E-state index in [1.807, 2.05) is 6.07 Å². The molecule has 0 atom stereocenters. The Balaban J connectivity index is 3.30. The summed E-state index contributed by atoms with van der Waals surface area (Å²) in [5.41, 5.74) is 6.67. The van der Waals surface area contributed by atoms with E-state index in [0.29, 0.717) is 22.9 Å². The van der Waals surface area contributed by atoms with E-state index in [2.05, 4.69) is 0 Å². The van der Waals surface area contributed by atoms with Gasteiger partial charge in [-0.15, -0.1) is 0 Å². The zero-order chi connectivity index (χ0) is 9.84. The predicted octanol–water partition coefficient (Wildman–Crippen LogP) is 1.68. The summed E-state index contributed by atoms with van der Waals surface area (Å²) in [6, 6.07) is 5.25. The van der Waals surface area contributed by atoms with Crippen LogP contribution in [0.25, 0.3) is 0 Å². The zero-order valence-electron chi connectivity index (χ0n) is 7.17. The molecule has 3 nitrogen and oxygen atoms in total. The topological polar surface area (TPSA) is 59.0 Å². The lowest BCUT2D eigenvalue weighted by Gasteiger charge is -2.07. The van der Waals surface area contributed by atoms with Crippen LogP contribution in [0.4, 0.5) is 0 Å². The first-order chi connectivity index (χ1) is 6.22. The summed E-state index contributed by atoms with van der Waals surface area (Å²) in [5, 5.41) is 9.15. The molecule has 0 aliphatic carbocycles. The maximum Gasteiger partial charge on any atom is 0.139 e. The van der Waals surface area contributed by atoms with Crippen LogP contribution in [0.3, 0.4) is 0 Å². The van der Waals surface area contributed by atoms with Crippen LogP contribution in [0.15, 0.2) is 12.1 Å². The van der Waals surface area contributed by atoms with Crippen molar-refractivity contribution >= 4 is 11.6 Å². The first-order valence-corrected chi connectivity index (χ1v) is 4.07. The highest BCUT2D eigenvalue weighted by Crippen LogP contribution is 2.29. The molecule has 0 spiro atoms. The molecule has 0 radical (unpaired) electrons. The first-order valence-electron chi connectivity index (χ1n) is 3.69. The summed E-state index contributed by atoms with van der Waals surface area (Å²) < 4.78 is 4.99. The van der Waals surface area contributed by atoms with Crippen LogP contribution in [0, 0.1) is 11.3 Å². The van der Waals surface area contributed by atoms with Gasteiger partial charge in [0.2, 0.25) is 0 Å². The Labute approximate surface area is 81.7 Å². The summed E-state index contributed by atoms with van der Waals surface area (Å²) in [5.74, 6) is 0.487. The Morgan fingerprint density at radius 2 is 2.31 bits per heavy atom. The molecule has 0 saturated carbocycles. The number of hydrogen-bond acceptors (Lipinski definition) is 3. The van der Waals surface area contributed by atoms with E-state index in [9.17, 15) is 0 Å². The fourth-order valence-corrected chi connectivity index (χ4v) is 1.28. The molecular formula is C9H9ClN2O. The Bertz CT molecular complexity index is 332. The van der Waals surface area contributed by atoms with Crippen molar-refractivity contribution in [3.8, 4) is 11.8 Å². The summed E-state index contributed by atoms with van der Waals surface area (Å²) in [6.07, 6.45) is 0. The smallest absolute Gasteiger partial charge is 0.139 e. The fourth-order valence-electron chi connectivity index (χ4n) is 1.02. The van der Waals surface area contributed by atoms with Gasteiger partial charge in [0.15, 0.2) is 0 Å². The minimum Gasteiger partial charge on any atom is -0.495 e. The summed E-state index contributed by atoms with van der Waals surface area (Å²) >= 11 is 5.92. The lowest BCUT2D eigenvalue weighted by Crippen LogP contribution is -1.99. The van der Waals surface area contributed by atoms with Gasteiger partial charge in [0.1, 0.15) is 5.75 Å². The van der Waals surface area contributed by atoms with Crippen molar-refractivity contribution in [2.24, 2.45) is 5.73 Å². The summed E-state index contributed by atoms with van der Waals surface area (Å²) in [6.45, 7) is 0.296. The Kier molecular flexibility index (Phi) is 3.13. The number of nitriles is 1. The number of rotatable bonds is 2. The van der Waals surface area contributed by atoms with Gasteiger partial charge in [-0.2, -0.15) is 5.26 Å². The van der Waals surface area contributed by atoms with Gasteiger partial charge in [0.25, 0.3) is 0 Å². The average Bonchev–Trinajstić information content (AvgIpc) is 2.18. The Hall–Kier alpha value is -1.24. The molecule has 0 bridgehead atoms. The maximum absolute atomic E-state index is 8.68. The molecule has 2 N–H and O–H groups in total. The second kappa shape index (κ2) is 4.13. The number of nitrogens with zero attached hydrogens (tertiary/aromatic N) is 1. The molecular weight excluding hydrogens is 188 g/mol. The predicted molar refractivity (Wildman–Crippen MR) is 50.6 cm³/mol. The number of halogens is 1. The quantitative estimate of drug-likeness (QED) is 0.783. The van der Waals surface area contributed by atoms with Gasteiger partial charge in [0.05, 0.1) is 23.8 Å². The third-order valence-corrected chi connectivity index (χ3v) is 2.11. The van der Waals surface area contributed by atoms with Gasteiger partial charge in [-0.05, 0) is 17.7 Å². The molecule has 0 aromatic heterocycles. The molecule has 0 fully saturated rings. The van der Waals surface area contributed by atoms with Crippen molar-refractivity contribution < 1.29 is 4.74 Å². The van der Waals surface area contributed by atoms with Crippen molar-refractivity contribution in [3.05, 3.63) is 28.3 Å². The highest BCUT2D eigenvalue weighted by molar-refractivity contribution is 6.32. The summed E-state index contributed by atoms with van der Waals surface area (Å²) in [7, 11) is 1.50. The largest absolute Gasteiger partial charge is 0.495 e. The van der Waals surface area contributed by atoms with Gasteiger partial charge in [-0.3, -0.25) is 0 Å². The van der Waals surface area contributed by atoms with E-state index < -0.39 is 0 Å². The lowest BCUT2D eigenvalue weighted by molar-refractivity contribution is 0.414. The monoisotopic (exact) mass is 196 g/mol. The minimum atomic E-state index is 0.296. The van der Waals surface area contributed by atoms with Crippen LogP contribution in [-0.2, 0) is 6.54 Å². The molecule has 1 rings (SSSR count). The number of nitrogens with two attached hydrogens (primary N) is 1. The second-order valence-corrected chi connectivity index (χ2v) is 2.85. The van der Waals surface area contributed by atoms with Crippen LogP contribution < -0.4 is 10.5 Å². The first kappa shape index (κ1) is 9.85. The third kappa shape index (κ3) is 1.92. The zero-order valence-corrected chi connectivity index (χ0v) is 7.93. The SMILES string of the molecule is COc1cc(C#N)cc(CN)c1Cl. The van der Waals surface area contributed by atoms with Crippen molar-refractivity contribution in [1.29, 1.82) is 5.26 Å². The standard InChI is InChI=1S/C9H9ClN2O/c1-13-8-3-6(4-11)2-7(5-12)9(8)10/h2-3H,5,12H2,1H3. The van der Waals surface area contributed by atoms with E-state index in [0.717, 1.165) is 5.56 Å². The number of ether oxygens (including phenoxy) is 1. The highest BCUT2D eigenvalue weighted by atomic mass is 35.5. The van der Waals surface area contributed by atoms with Gasteiger partial charge in [-0.25, -0.2) is 0 Å². The molecule has 0 amide bonds. The van der Waals surface area contributed by atoms with Crippen LogP contribution in [0.1, 0.15) is 11.1 Å². The average molecular weight is 197 g/mol. The number of hydrogen-bond donors (Lipinski definition) is 1. The van der Waals surface area contributed by atoms with E-state index >= 15 is 0 Å². The molecule has 4 heteroatoms. The van der Waals surface area contributed by atoms with Crippen molar-refractivity contribution in [2.45, 2.75) is 6.54 Å². The maximum atomic E-state index is 8.68. The molecule has 0 aliphatic rings. The van der Waals surface area contributed by atoms with Gasteiger partial charge >= 0.3 is 0 Å². The van der Waals surface area contributed by atoms with Gasteiger partial charge in [0, 0.05) is 6.54 Å². The summed E-state index contributed by atoms with van der Waals surface area (Å²) in [4.78, 5) is 0. The van der Waals surface area contributed by atoms with Crippen LogP contribution in [-0.4, -0.2) is 7.11 Å². The molecule has 1 aromatic rings. The Morgan fingerprint density at radius 3 is 2.77 bits per heavy atom. The van der Waals surface area contributed by atoms with Crippen LogP contribution >= 0.6 is 11.6 Å². The molecule has 68 valence electrons. The van der Waals surface area contributed by atoms with E-state index in [1.165, 1.54) is 7.11 Å². The molecule has 0 unspecified atom stereocenters. The molecule has 0 heterocycles. The van der Waals surface area contributed by atoms with Crippen molar-refractivity contribution in [2.75, 3.05) is 7.11 Å². The fraction of sp³-hybridized carbons (Fsp3) is 0.222. The van der Waals surface area contributed by atoms with E-state index in [4.69, 9.17) is 27.3 Å². The highest BCUT2D eigenvalue weighted by Gasteiger charge is 2.07. The number of benzene rings is 1. The molecule has 0 saturated heterocycles. The number of methoxy groups -OCH3 is 1. The third-order valence-electron chi connectivity index (χ3n) is 1.68. The molecule has 13 heavy (non-hydrogen) atoms. The normalized spacial score (nSPS) is 9.38. The van der Waals surface area contributed by atoms with Crippen molar-refractivity contribution in [1.82, 2.24) is 0 Å². The minimum absolute atomic E-state index is 0.296. The molecule has 1 aromatic carbocycles. The van der Waals surface area contributed by atoms with Crippen LogP contribution in [0.5, 0.6) is 5.75 Å². The van der Waals surface area contributed by atoms with Crippen molar-refractivity contribution in [3.63, 3.8) is 0 Å². The molecule has 0 aliphatic heterocycles. The van der Waals surface area contributed by atoms with Gasteiger partial charge < -0.3 is 10.5 Å². The second-order valence-electron chi connectivity index (χ2n) is 2.47. The van der Waals surface area contributed by atoms with Gasteiger partial charge in [-0.1, -0.05) is 11.6 Å². The van der Waals surface area contributed by atoms with E-state index in [1.54, 1.807) is 12.1 Å². The Morgan fingerprint density at radius 1 is 1.62 bits per heavy atom. The lowest BCUT2D eigenvalue weighted by atomic mass is 10.1.